The summed E-state index contributed by atoms with van der Waals surface area (Å²) in [5, 5.41) is 13.9. The fourth-order valence-corrected chi connectivity index (χ4v) is 1.60. The first-order valence-corrected chi connectivity index (χ1v) is 4.97. The SMILES string of the molecule is [B]c1ccc([N+](=O)[O-])c(NC2CCC2)c1. The second kappa shape index (κ2) is 3.92. The minimum atomic E-state index is -0.388. The second-order valence-electron chi connectivity index (χ2n) is 3.81. The average Bonchev–Trinajstić information content (AvgIpc) is 2.11. The summed E-state index contributed by atoms with van der Waals surface area (Å²) < 4.78 is 0. The molecule has 2 radical (unpaired) electrons. The Morgan fingerprint density at radius 1 is 1.47 bits per heavy atom. The minimum Gasteiger partial charge on any atom is -0.377 e. The van der Waals surface area contributed by atoms with E-state index < -0.39 is 0 Å². The highest BCUT2D eigenvalue weighted by Crippen LogP contribution is 2.28. The molecule has 1 aliphatic carbocycles. The zero-order valence-electron chi connectivity index (χ0n) is 8.27. The number of nitrogens with one attached hydrogen (secondary N) is 1. The van der Waals surface area contributed by atoms with Gasteiger partial charge in [-0.2, -0.15) is 0 Å². The van der Waals surface area contributed by atoms with Crippen molar-refractivity contribution < 1.29 is 4.92 Å². The molecule has 1 aromatic carbocycles. The number of rotatable bonds is 3. The van der Waals surface area contributed by atoms with E-state index in [-0.39, 0.29) is 10.6 Å². The average molecular weight is 202 g/mol. The molecule has 5 heteroatoms. The van der Waals surface area contributed by atoms with Crippen LogP contribution in [-0.2, 0) is 0 Å². The Morgan fingerprint density at radius 2 is 2.20 bits per heavy atom. The minimum absolute atomic E-state index is 0.0936. The van der Waals surface area contributed by atoms with E-state index in [0.717, 1.165) is 12.8 Å². The van der Waals surface area contributed by atoms with E-state index in [9.17, 15) is 10.1 Å². The Balaban J connectivity index is 2.24. The van der Waals surface area contributed by atoms with Crippen molar-refractivity contribution >= 4 is 24.7 Å². The molecular weight excluding hydrogens is 191 g/mol. The molecule has 2 rings (SSSR count). The van der Waals surface area contributed by atoms with Crippen LogP contribution < -0.4 is 10.8 Å². The lowest BCUT2D eigenvalue weighted by molar-refractivity contribution is -0.384. The number of nitro benzene ring substituents is 1. The molecule has 0 aromatic heterocycles. The van der Waals surface area contributed by atoms with E-state index in [2.05, 4.69) is 5.32 Å². The maximum atomic E-state index is 10.7. The van der Waals surface area contributed by atoms with E-state index in [4.69, 9.17) is 7.85 Å². The van der Waals surface area contributed by atoms with Crippen LogP contribution in [0.4, 0.5) is 11.4 Å². The quantitative estimate of drug-likeness (QED) is 0.457. The first kappa shape index (κ1) is 10.0. The third kappa shape index (κ3) is 2.11. The van der Waals surface area contributed by atoms with Gasteiger partial charge in [0.25, 0.3) is 5.69 Å². The van der Waals surface area contributed by atoms with Crippen molar-refractivity contribution in [3.63, 3.8) is 0 Å². The third-order valence-electron chi connectivity index (χ3n) is 2.68. The van der Waals surface area contributed by atoms with Gasteiger partial charge in [-0.3, -0.25) is 10.1 Å². The highest BCUT2D eigenvalue weighted by Gasteiger charge is 2.21. The molecule has 4 nitrogen and oxygen atoms in total. The Labute approximate surface area is 89.2 Å². The van der Waals surface area contributed by atoms with Gasteiger partial charge in [-0.1, -0.05) is 11.5 Å². The van der Waals surface area contributed by atoms with Crippen molar-refractivity contribution in [3.05, 3.63) is 28.3 Å². The summed E-state index contributed by atoms with van der Waals surface area (Å²) in [4.78, 5) is 10.4. The lowest BCUT2D eigenvalue weighted by Gasteiger charge is -2.27. The molecule has 0 spiro atoms. The highest BCUT2D eigenvalue weighted by atomic mass is 16.6. The zero-order valence-corrected chi connectivity index (χ0v) is 8.27. The molecule has 76 valence electrons. The lowest BCUT2D eigenvalue weighted by Crippen LogP contribution is -2.27. The topological polar surface area (TPSA) is 55.2 Å². The third-order valence-corrected chi connectivity index (χ3v) is 2.68. The second-order valence-corrected chi connectivity index (χ2v) is 3.81. The van der Waals surface area contributed by atoms with Crippen molar-refractivity contribution in [3.8, 4) is 0 Å². The smallest absolute Gasteiger partial charge is 0.292 e. The first-order valence-electron chi connectivity index (χ1n) is 4.97. The van der Waals surface area contributed by atoms with E-state index in [0.29, 0.717) is 17.2 Å². The maximum absolute atomic E-state index is 10.7. The summed E-state index contributed by atoms with van der Waals surface area (Å²) in [7, 11) is 5.60. The molecule has 15 heavy (non-hydrogen) atoms. The van der Waals surface area contributed by atoms with Crippen LogP contribution in [0.15, 0.2) is 18.2 Å². The molecule has 0 aliphatic heterocycles. The standard InChI is InChI=1S/C10H11BN2O2/c11-7-4-5-10(13(14)15)9(6-7)12-8-2-1-3-8/h4-6,8,12H,1-3H2. The van der Waals surface area contributed by atoms with Gasteiger partial charge in [-0.25, -0.2) is 0 Å². The van der Waals surface area contributed by atoms with E-state index in [1.807, 2.05) is 0 Å². The fraction of sp³-hybridized carbons (Fsp3) is 0.400. The number of anilines is 1. The summed E-state index contributed by atoms with van der Waals surface area (Å²) in [6.45, 7) is 0. The largest absolute Gasteiger partial charge is 0.377 e. The molecule has 1 fully saturated rings. The van der Waals surface area contributed by atoms with Crippen LogP contribution in [0.2, 0.25) is 0 Å². The summed E-state index contributed by atoms with van der Waals surface area (Å²) in [6.07, 6.45) is 3.34. The van der Waals surface area contributed by atoms with Crippen molar-refractivity contribution in [2.75, 3.05) is 5.32 Å². The predicted molar refractivity (Wildman–Crippen MR) is 59.7 cm³/mol. The Kier molecular flexibility index (Phi) is 2.62. The summed E-state index contributed by atoms with van der Waals surface area (Å²) in [5.41, 5.74) is 1.17. The number of hydrogen-bond acceptors (Lipinski definition) is 3. The molecule has 0 heterocycles. The molecule has 1 aliphatic rings. The van der Waals surface area contributed by atoms with Crippen molar-refractivity contribution in [2.24, 2.45) is 0 Å². The summed E-state index contributed by atoms with van der Waals surface area (Å²) >= 11 is 0. The number of nitrogens with zero attached hydrogens (tertiary/aromatic N) is 1. The van der Waals surface area contributed by atoms with Crippen LogP contribution in [-0.4, -0.2) is 18.8 Å². The molecule has 1 aromatic rings. The Morgan fingerprint density at radius 3 is 2.73 bits per heavy atom. The van der Waals surface area contributed by atoms with Crippen molar-refractivity contribution in [1.29, 1.82) is 0 Å². The van der Waals surface area contributed by atoms with Gasteiger partial charge in [0.1, 0.15) is 13.5 Å². The summed E-state index contributed by atoms with van der Waals surface area (Å²) in [5.74, 6) is 0. The van der Waals surface area contributed by atoms with Gasteiger partial charge in [0.15, 0.2) is 0 Å². The maximum Gasteiger partial charge on any atom is 0.292 e. The van der Waals surface area contributed by atoms with Gasteiger partial charge in [-0.15, -0.1) is 0 Å². The van der Waals surface area contributed by atoms with Crippen LogP contribution >= 0.6 is 0 Å². The lowest BCUT2D eigenvalue weighted by atomic mass is 9.91. The molecule has 0 bridgehead atoms. The van der Waals surface area contributed by atoms with Crippen molar-refractivity contribution in [1.82, 2.24) is 0 Å². The van der Waals surface area contributed by atoms with Gasteiger partial charge in [0, 0.05) is 12.1 Å². The summed E-state index contributed by atoms with van der Waals surface area (Å²) in [6, 6.07) is 4.97. The van der Waals surface area contributed by atoms with Gasteiger partial charge in [0.05, 0.1) is 4.92 Å². The van der Waals surface area contributed by atoms with Crippen molar-refractivity contribution in [2.45, 2.75) is 25.3 Å². The Bertz CT molecular complexity index is 391. The number of benzene rings is 1. The normalized spacial score (nSPS) is 15.7. The molecule has 0 amide bonds. The monoisotopic (exact) mass is 202 g/mol. The predicted octanol–water partition coefficient (Wildman–Crippen LogP) is 1.35. The van der Waals surface area contributed by atoms with Gasteiger partial charge >= 0.3 is 0 Å². The van der Waals surface area contributed by atoms with Crippen LogP contribution in [0.3, 0.4) is 0 Å². The van der Waals surface area contributed by atoms with Gasteiger partial charge < -0.3 is 5.32 Å². The number of nitro groups is 1. The molecule has 1 N–H and O–H groups in total. The first-order chi connectivity index (χ1) is 7.16. The van der Waals surface area contributed by atoms with Crippen LogP contribution in [0.1, 0.15) is 19.3 Å². The van der Waals surface area contributed by atoms with E-state index in [1.165, 1.54) is 12.5 Å². The van der Waals surface area contributed by atoms with Gasteiger partial charge in [0.2, 0.25) is 0 Å². The molecular formula is C10H11BN2O2. The van der Waals surface area contributed by atoms with Gasteiger partial charge in [-0.05, 0) is 25.3 Å². The van der Waals surface area contributed by atoms with E-state index >= 15 is 0 Å². The number of hydrogen-bond donors (Lipinski definition) is 1. The zero-order chi connectivity index (χ0) is 10.8. The molecule has 0 unspecified atom stereocenters. The fourth-order valence-electron chi connectivity index (χ4n) is 1.60. The molecule has 1 saturated carbocycles. The molecule has 0 atom stereocenters. The Hall–Kier alpha value is -1.52. The molecule has 0 saturated heterocycles. The van der Waals surface area contributed by atoms with Crippen LogP contribution in [0.25, 0.3) is 0 Å². The van der Waals surface area contributed by atoms with Crippen LogP contribution in [0.5, 0.6) is 0 Å². The van der Waals surface area contributed by atoms with Crippen LogP contribution in [0, 0.1) is 10.1 Å². The highest BCUT2D eigenvalue weighted by molar-refractivity contribution is 6.32. The van der Waals surface area contributed by atoms with E-state index in [1.54, 1.807) is 12.1 Å².